The number of fused-ring (bicyclic) bond motifs is 1. The Hall–Kier alpha value is -3.66. The SMILES string of the molecule is CN1C(=O)C(N)N=C(c2ccccc2[N+](=O)[O-])c2cc([N+](=O)[O-])ccc21. The van der Waals surface area contributed by atoms with Crippen LogP contribution in [0.3, 0.4) is 0 Å². The van der Waals surface area contributed by atoms with Crippen LogP contribution in [-0.4, -0.2) is 34.7 Å². The smallest absolute Gasteiger partial charge is 0.278 e. The van der Waals surface area contributed by atoms with Crippen LogP contribution < -0.4 is 10.6 Å². The summed E-state index contributed by atoms with van der Waals surface area (Å²) in [6, 6.07) is 9.68. The monoisotopic (exact) mass is 355 g/mol. The first-order valence-electron chi connectivity index (χ1n) is 7.45. The molecule has 0 aromatic heterocycles. The Balaban J connectivity index is 2.35. The first kappa shape index (κ1) is 17.2. The lowest BCUT2D eigenvalue weighted by atomic mass is 9.98. The third kappa shape index (κ3) is 2.78. The summed E-state index contributed by atoms with van der Waals surface area (Å²) < 4.78 is 0. The second kappa shape index (κ2) is 6.33. The van der Waals surface area contributed by atoms with E-state index in [0.717, 1.165) is 0 Å². The summed E-state index contributed by atoms with van der Waals surface area (Å²) >= 11 is 0. The Bertz CT molecular complexity index is 971. The molecule has 2 N–H and O–H groups in total. The van der Waals surface area contributed by atoms with Crippen molar-refractivity contribution in [3.63, 3.8) is 0 Å². The quantitative estimate of drug-likeness (QED) is 0.654. The molecule has 1 atom stereocenters. The summed E-state index contributed by atoms with van der Waals surface area (Å²) in [5.74, 6) is -0.534. The molecule has 132 valence electrons. The van der Waals surface area contributed by atoms with Crippen LogP contribution in [0.5, 0.6) is 0 Å². The van der Waals surface area contributed by atoms with Crippen LogP contribution >= 0.6 is 0 Å². The molecule has 26 heavy (non-hydrogen) atoms. The second-order valence-electron chi connectivity index (χ2n) is 5.55. The van der Waals surface area contributed by atoms with Crippen molar-refractivity contribution in [3.05, 3.63) is 73.8 Å². The molecule has 0 aliphatic carbocycles. The fourth-order valence-electron chi connectivity index (χ4n) is 2.75. The number of benzene rings is 2. The summed E-state index contributed by atoms with van der Waals surface area (Å²) in [6.07, 6.45) is -1.29. The number of para-hydroxylation sites is 1. The fourth-order valence-corrected chi connectivity index (χ4v) is 2.75. The molecule has 3 rings (SSSR count). The van der Waals surface area contributed by atoms with Crippen molar-refractivity contribution in [1.82, 2.24) is 0 Å². The van der Waals surface area contributed by atoms with Crippen molar-refractivity contribution in [2.45, 2.75) is 6.17 Å². The number of amides is 1. The number of carbonyl (C=O) groups is 1. The number of nitro groups is 2. The van der Waals surface area contributed by atoms with Gasteiger partial charge in [-0.1, -0.05) is 12.1 Å². The van der Waals surface area contributed by atoms with Gasteiger partial charge < -0.3 is 10.6 Å². The molecule has 1 aliphatic rings. The Labute approximate surface area is 146 Å². The van der Waals surface area contributed by atoms with Gasteiger partial charge in [0.2, 0.25) is 0 Å². The van der Waals surface area contributed by atoms with E-state index in [1.807, 2.05) is 0 Å². The average Bonchev–Trinajstić information content (AvgIpc) is 2.72. The highest BCUT2D eigenvalue weighted by molar-refractivity contribution is 6.21. The molecular weight excluding hydrogens is 342 g/mol. The van der Waals surface area contributed by atoms with Gasteiger partial charge in [0, 0.05) is 30.8 Å². The maximum Gasteiger partial charge on any atom is 0.278 e. The molecule has 0 saturated heterocycles. The third-order valence-corrected chi connectivity index (χ3v) is 4.02. The summed E-state index contributed by atoms with van der Waals surface area (Å²) in [7, 11) is 1.46. The number of rotatable bonds is 3. The number of carbonyl (C=O) groups excluding carboxylic acids is 1. The van der Waals surface area contributed by atoms with Gasteiger partial charge in [-0.05, 0) is 12.1 Å². The van der Waals surface area contributed by atoms with Crippen LogP contribution in [0.2, 0.25) is 0 Å². The first-order valence-corrected chi connectivity index (χ1v) is 7.45. The minimum atomic E-state index is -1.29. The normalized spacial score (nSPS) is 16.5. The minimum absolute atomic E-state index is 0.0567. The van der Waals surface area contributed by atoms with E-state index in [9.17, 15) is 25.0 Å². The second-order valence-corrected chi connectivity index (χ2v) is 5.55. The van der Waals surface area contributed by atoms with Gasteiger partial charge in [0.15, 0.2) is 6.17 Å². The van der Waals surface area contributed by atoms with Crippen molar-refractivity contribution >= 4 is 28.7 Å². The summed E-state index contributed by atoms with van der Waals surface area (Å²) in [5, 5.41) is 22.5. The highest BCUT2D eigenvalue weighted by Gasteiger charge is 2.31. The van der Waals surface area contributed by atoms with E-state index in [-0.39, 0.29) is 28.2 Å². The predicted octanol–water partition coefficient (Wildman–Crippen LogP) is 1.60. The van der Waals surface area contributed by atoms with Gasteiger partial charge in [0.25, 0.3) is 17.3 Å². The molecule has 1 heterocycles. The number of nitro benzene ring substituents is 2. The van der Waals surface area contributed by atoms with Gasteiger partial charge in [0.05, 0.1) is 26.8 Å². The summed E-state index contributed by atoms with van der Waals surface area (Å²) in [4.78, 5) is 39.1. The van der Waals surface area contributed by atoms with Crippen LogP contribution in [0.1, 0.15) is 11.1 Å². The van der Waals surface area contributed by atoms with Crippen LogP contribution in [0.25, 0.3) is 0 Å². The van der Waals surface area contributed by atoms with Gasteiger partial charge in [-0.3, -0.25) is 30.0 Å². The van der Waals surface area contributed by atoms with E-state index < -0.39 is 21.9 Å². The number of anilines is 1. The molecule has 0 spiro atoms. The first-order chi connectivity index (χ1) is 12.3. The van der Waals surface area contributed by atoms with Crippen LogP contribution in [-0.2, 0) is 4.79 Å². The fraction of sp³-hybridized carbons (Fsp3) is 0.125. The largest absolute Gasteiger partial charge is 0.312 e. The van der Waals surface area contributed by atoms with E-state index in [4.69, 9.17) is 5.73 Å². The zero-order chi connectivity index (χ0) is 19.0. The number of likely N-dealkylation sites (N-methyl/N-ethyl adjacent to an activating group) is 1. The van der Waals surface area contributed by atoms with Crippen molar-refractivity contribution in [1.29, 1.82) is 0 Å². The van der Waals surface area contributed by atoms with Crippen molar-refractivity contribution < 1.29 is 14.6 Å². The number of nitrogens with two attached hydrogens (primary N) is 1. The molecule has 10 nitrogen and oxygen atoms in total. The number of nitrogens with zero attached hydrogens (tertiary/aromatic N) is 4. The van der Waals surface area contributed by atoms with Gasteiger partial charge >= 0.3 is 0 Å². The van der Waals surface area contributed by atoms with E-state index in [1.165, 1.54) is 48.3 Å². The van der Waals surface area contributed by atoms with Crippen molar-refractivity contribution in [3.8, 4) is 0 Å². The lowest BCUT2D eigenvalue weighted by molar-refractivity contribution is -0.385. The number of non-ortho nitro benzene ring substituents is 1. The number of hydrogen-bond donors (Lipinski definition) is 1. The van der Waals surface area contributed by atoms with Gasteiger partial charge in [-0.15, -0.1) is 0 Å². The third-order valence-electron chi connectivity index (χ3n) is 4.02. The summed E-state index contributed by atoms with van der Waals surface area (Å²) in [6.45, 7) is 0. The molecule has 1 amide bonds. The summed E-state index contributed by atoms with van der Waals surface area (Å²) in [5.41, 5.74) is 6.07. The lowest BCUT2D eigenvalue weighted by Gasteiger charge is -2.18. The molecule has 0 fully saturated rings. The topological polar surface area (TPSA) is 145 Å². The van der Waals surface area contributed by atoms with Crippen LogP contribution in [0, 0.1) is 20.2 Å². The van der Waals surface area contributed by atoms with E-state index in [1.54, 1.807) is 6.07 Å². The van der Waals surface area contributed by atoms with Crippen LogP contribution in [0.15, 0.2) is 47.5 Å². The van der Waals surface area contributed by atoms with Gasteiger partial charge in [-0.2, -0.15) is 0 Å². The molecule has 2 aromatic carbocycles. The van der Waals surface area contributed by atoms with Gasteiger partial charge in [0.1, 0.15) is 0 Å². The minimum Gasteiger partial charge on any atom is -0.312 e. The Kier molecular flexibility index (Phi) is 4.18. The zero-order valence-corrected chi connectivity index (χ0v) is 13.5. The highest BCUT2D eigenvalue weighted by Crippen LogP contribution is 2.32. The molecule has 0 saturated carbocycles. The highest BCUT2D eigenvalue weighted by atomic mass is 16.6. The Morgan fingerprint density at radius 2 is 1.77 bits per heavy atom. The maximum absolute atomic E-state index is 12.3. The number of benzodiazepines with no additional fused rings is 1. The number of aliphatic imine (C=N–C) groups is 1. The van der Waals surface area contributed by atoms with E-state index >= 15 is 0 Å². The average molecular weight is 355 g/mol. The predicted molar refractivity (Wildman–Crippen MR) is 93.2 cm³/mol. The van der Waals surface area contributed by atoms with Gasteiger partial charge in [-0.25, -0.2) is 0 Å². The van der Waals surface area contributed by atoms with Crippen molar-refractivity contribution in [2.75, 3.05) is 11.9 Å². The van der Waals surface area contributed by atoms with E-state index in [0.29, 0.717) is 5.69 Å². The molecule has 10 heteroatoms. The van der Waals surface area contributed by atoms with Crippen molar-refractivity contribution in [2.24, 2.45) is 10.7 Å². The standard InChI is InChI=1S/C16H13N5O5/c1-19-12-7-6-9(20(23)24)8-11(12)14(18-15(17)16(19)22)10-4-2-3-5-13(10)21(25)26/h2-8,15H,17H2,1H3. The molecule has 0 radical (unpaired) electrons. The lowest BCUT2D eigenvalue weighted by Crippen LogP contribution is -2.39. The van der Waals surface area contributed by atoms with Crippen LogP contribution in [0.4, 0.5) is 17.1 Å². The Morgan fingerprint density at radius 3 is 2.42 bits per heavy atom. The molecule has 1 aliphatic heterocycles. The molecule has 2 aromatic rings. The maximum atomic E-state index is 12.3. The molecule has 1 unspecified atom stereocenters. The molecular formula is C16H13N5O5. The zero-order valence-electron chi connectivity index (χ0n) is 13.5. The number of hydrogen-bond acceptors (Lipinski definition) is 7. The molecule has 0 bridgehead atoms. The van der Waals surface area contributed by atoms with E-state index in [2.05, 4.69) is 4.99 Å². The Morgan fingerprint density at radius 1 is 1.08 bits per heavy atom.